The van der Waals surface area contributed by atoms with Crippen molar-refractivity contribution in [3.8, 4) is 0 Å². The number of benzene rings is 2. The number of primary amides is 1. The van der Waals surface area contributed by atoms with Crippen molar-refractivity contribution in [1.82, 2.24) is 5.32 Å². The molecule has 0 radical (unpaired) electrons. The third-order valence-electron chi connectivity index (χ3n) is 4.62. The second-order valence-corrected chi connectivity index (χ2v) is 8.18. The Hall–Kier alpha value is -3.03. The average molecular weight is 424 g/mol. The van der Waals surface area contributed by atoms with E-state index in [1.807, 2.05) is 74.5 Å². The standard InChI is InChI=1S/C22H21N3O2S2/c1-13-14(2)29-21(17(13)19(23)26)25-22(28)24-20(27)18(15-9-5-3-6-10-15)16-11-7-4-8-12-16/h3-12,18H,1-2H3,(H2,23,26)(H2,24,25,27,28). The summed E-state index contributed by atoms with van der Waals surface area (Å²) in [4.78, 5) is 25.9. The molecule has 0 aliphatic heterocycles. The smallest absolute Gasteiger partial charge is 0.251 e. The van der Waals surface area contributed by atoms with Crippen molar-refractivity contribution in [2.45, 2.75) is 19.8 Å². The molecule has 0 fully saturated rings. The predicted octanol–water partition coefficient (Wildman–Crippen LogP) is 4.11. The first kappa shape index (κ1) is 20.7. The van der Waals surface area contributed by atoms with Crippen LogP contribution in [0.25, 0.3) is 0 Å². The van der Waals surface area contributed by atoms with Gasteiger partial charge in [-0.1, -0.05) is 60.7 Å². The number of nitrogens with two attached hydrogens (primary N) is 1. The number of thiocarbonyl (C=S) groups is 1. The van der Waals surface area contributed by atoms with E-state index in [-0.39, 0.29) is 11.0 Å². The lowest BCUT2D eigenvalue weighted by Crippen LogP contribution is -2.38. The quantitative estimate of drug-likeness (QED) is 0.539. The largest absolute Gasteiger partial charge is 0.365 e. The molecule has 3 aromatic rings. The second-order valence-electron chi connectivity index (χ2n) is 6.55. The van der Waals surface area contributed by atoms with Crippen molar-refractivity contribution in [3.63, 3.8) is 0 Å². The van der Waals surface area contributed by atoms with E-state index in [1.165, 1.54) is 11.3 Å². The van der Waals surface area contributed by atoms with Gasteiger partial charge in [0.1, 0.15) is 5.00 Å². The van der Waals surface area contributed by atoms with Crippen molar-refractivity contribution in [2.24, 2.45) is 5.73 Å². The van der Waals surface area contributed by atoms with Crippen molar-refractivity contribution in [2.75, 3.05) is 5.32 Å². The van der Waals surface area contributed by atoms with E-state index in [2.05, 4.69) is 10.6 Å². The molecule has 0 bridgehead atoms. The van der Waals surface area contributed by atoms with Crippen LogP contribution in [0.2, 0.25) is 0 Å². The Morgan fingerprint density at radius 1 is 0.966 bits per heavy atom. The Morgan fingerprint density at radius 2 is 1.48 bits per heavy atom. The summed E-state index contributed by atoms with van der Waals surface area (Å²) in [6, 6.07) is 19.0. The first-order valence-corrected chi connectivity index (χ1v) is 10.2. The van der Waals surface area contributed by atoms with E-state index in [0.29, 0.717) is 10.6 Å². The lowest BCUT2D eigenvalue weighted by Gasteiger charge is -2.18. The normalized spacial score (nSPS) is 10.6. The molecule has 0 spiro atoms. The summed E-state index contributed by atoms with van der Waals surface area (Å²) >= 11 is 6.72. The van der Waals surface area contributed by atoms with E-state index >= 15 is 0 Å². The minimum absolute atomic E-state index is 0.121. The van der Waals surface area contributed by atoms with Crippen LogP contribution in [0, 0.1) is 13.8 Å². The average Bonchev–Trinajstić information content (AvgIpc) is 2.97. The van der Waals surface area contributed by atoms with Crippen LogP contribution in [-0.2, 0) is 4.79 Å². The highest BCUT2D eigenvalue weighted by atomic mass is 32.1. The molecule has 0 atom stereocenters. The van der Waals surface area contributed by atoms with Gasteiger partial charge in [-0.3, -0.25) is 9.59 Å². The third-order valence-corrected chi connectivity index (χ3v) is 5.95. The van der Waals surface area contributed by atoms with Crippen molar-refractivity contribution in [1.29, 1.82) is 0 Å². The number of hydrogen-bond acceptors (Lipinski definition) is 4. The monoisotopic (exact) mass is 423 g/mol. The van der Waals surface area contributed by atoms with Gasteiger partial charge in [0.15, 0.2) is 5.11 Å². The van der Waals surface area contributed by atoms with Crippen molar-refractivity contribution in [3.05, 3.63) is 87.8 Å². The van der Waals surface area contributed by atoms with Gasteiger partial charge < -0.3 is 16.4 Å². The molecule has 1 heterocycles. The molecule has 0 unspecified atom stereocenters. The summed E-state index contributed by atoms with van der Waals surface area (Å²) in [6.07, 6.45) is 0. The van der Waals surface area contributed by atoms with Gasteiger partial charge in [0.2, 0.25) is 5.91 Å². The molecule has 5 nitrogen and oxygen atoms in total. The lowest BCUT2D eigenvalue weighted by molar-refractivity contribution is -0.120. The Kier molecular flexibility index (Phi) is 6.41. The number of carbonyl (C=O) groups is 2. The molecule has 2 amide bonds. The minimum Gasteiger partial charge on any atom is -0.365 e. The Labute approximate surface area is 178 Å². The fraction of sp³-hybridized carbons (Fsp3) is 0.136. The first-order chi connectivity index (χ1) is 13.9. The number of hydrogen-bond donors (Lipinski definition) is 3. The molecule has 4 N–H and O–H groups in total. The van der Waals surface area contributed by atoms with Gasteiger partial charge in [-0.15, -0.1) is 11.3 Å². The summed E-state index contributed by atoms with van der Waals surface area (Å²) in [5, 5.41) is 6.37. The maximum Gasteiger partial charge on any atom is 0.251 e. The fourth-order valence-electron chi connectivity index (χ4n) is 3.12. The number of amides is 2. The maximum absolute atomic E-state index is 13.1. The Bertz CT molecular complexity index is 1010. The van der Waals surface area contributed by atoms with Crippen LogP contribution in [-0.4, -0.2) is 16.9 Å². The summed E-state index contributed by atoms with van der Waals surface area (Å²) < 4.78 is 0. The van der Waals surface area contributed by atoms with Gasteiger partial charge >= 0.3 is 0 Å². The predicted molar refractivity (Wildman–Crippen MR) is 121 cm³/mol. The molecule has 0 saturated carbocycles. The molecule has 148 valence electrons. The Balaban J connectivity index is 1.83. The summed E-state index contributed by atoms with van der Waals surface area (Å²) in [5.41, 5.74) is 8.43. The van der Waals surface area contributed by atoms with Gasteiger partial charge in [0.25, 0.3) is 5.91 Å². The number of carbonyl (C=O) groups excluding carboxylic acids is 2. The highest BCUT2D eigenvalue weighted by Crippen LogP contribution is 2.32. The second kappa shape index (κ2) is 8.98. The highest BCUT2D eigenvalue weighted by Gasteiger charge is 2.24. The molecular weight excluding hydrogens is 402 g/mol. The summed E-state index contributed by atoms with van der Waals surface area (Å²) in [7, 11) is 0. The van der Waals surface area contributed by atoms with E-state index in [0.717, 1.165) is 21.6 Å². The molecule has 0 aliphatic carbocycles. The fourth-order valence-corrected chi connectivity index (χ4v) is 4.45. The van der Waals surface area contributed by atoms with Gasteiger partial charge in [0, 0.05) is 4.88 Å². The van der Waals surface area contributed by atoms with Crippen LogP contribution in [0.5, 0.6) is 0 Å². The first-order valence-electron chi connectivity index (χ1n) is 9.00. The number of nitrogens with one attached hydrogen (secondary N) is 2. The highest BCUT2D eigenvalue weighted by molar-refractivity contribution is 7.80. The number of aryl methyl sites for hydroxylation is 1. The Morgan fingerprint density at radius 3 is 1.97 bits per heavy atom. The van der Waals surface area contributed by atoms with Gasteiger partial charge in [-0.05, 0) is 42.8 Å². The van der Waals surface area contributed by atoms with Crippen molar-refractivity contribution >= 4 is 45.5 Å². The number of rotatable bonds is 5. The SMILES string of the molecule is Cc1sc(NC(=S)NC(=O)C(c2ccccc2)c2ccccc2)c(C(N)=O)c1C. The maximum atomic E-state index is 13.1. The molecule has 3 rings (SSSR count). The number of thiophene rings is 1. The molecular formula is C22H21N3O2S2. The van der Waals surface area contributed by atoms with Crippen LogP contribution in [0.1, 0.15) is 37.8 Å². The van der Waals surface area contributed by atoms with Crippen molar-refractivity contribution < 1.29 is 9.59 Å². The minimum atomic E-state index is -0.532. The molecule has 7 heteroatoms. The summed E-state index contributed by atoms with van der Waals surface area (Å²) in [5.74, 6) is -1.31. The molecule has 0 aliphatic rings. The van der Waals surface area contributed by atoms with E-state index in [4.69, 9.17) is 18.0 Å². The molecule has 1 aromatic heterocycles. The van der Waals surface area contributed by atoms with Crippen LogP contribution >= 0.6 is 23.6 Å². The van der Waals surface area contributed by atoms with Gasteiger partial charge in [0.05, 0.1) is 11.5 Å². The summed E-state index contributed by atoms with van der Waals surface area (Å²) in [6.45, 7) is 3.74. The van der Waals surface area contributed by atoms with Crippen LogP contribution in [0.15, 0.2) is 60.7 Å². The zero-order valence-corrected chi connectivity index (χ0v) is 17.7. The zero-order chi connectivity index (χ0) is 21.0. The third kappa shape index (κ3) is 4.70. The van der Waals surface area contributed by atoms with Gasteiger partial charge in [-0.2, -0.15) is 0 Å². The topological polar surface area (TPSA) is 84.2 Å². The van der Waals surface area contributed by atoms with E-state index in [1.54, 1.807) is 0 Å². The van der Waals surface area contributed by atoms with E-state index in [9.17, 15) is 9.59 Å². The number of anilines is 1. The molecule has 29 heavy (non-hydrogen) atoms. The lowest BCUT2D eigenvalue weighted by atomic mass is 9.90. The van der Waals surface area contributed by atoms with Crippen LogP contribution in [0.3, 0.4) is 0 Å². The van der Waals surface area contributed by atoms with Crippen LogP contribution < -0.4 is 16.4 Å². The molecule has 0 saturated heterocycles. The van der Waals surface area contributed by atoms with E-state index < -0.39 is 11.8 Å². The zero-order valence-electron chi connectivity index (χ0n) is 16.1. The molecule has 2 aromatic carbocycles. The van der Waals surface area contributed by atoms with Gasteiger partial charge in [-0.25, -0.2) is 0 Å². The van der Waals surface area contributed by atoms with Crippen LogP contribution in [0.4, 0.5) is 5.00 Å².